The van der Waals surface area contributed by atoms with Crippen LogP contribution in [0.25, 0.3) is 11.1 Å². The SMILES string of the molecule is C.CC.CC.O=C(CCC(O)c1ccc(-c2ccccc2)cc1)NO. The summed E-state index contributed by atoms with van der Waals surface area (Å²) in [7, 11) is 0. The smallest absolute Gasteiger partial charge is 0.243 e. The number of amides is 1. The molecule has 4 heteroatoms. The van der Waals surface area contributed by atoms with E-state index in [0.717, 1.165) is 16.7 Å². The molecule has 0 fully saturated rings. The minimum Gasteiger partial charge on any atom is -0.388 e. The predicted molar refractivity (Wildman–Crippen MR) is 105 cm³/mol. The molecule has 0 radical (unpaired) electrons. The van der Waals surface area contributed by atoms with Crippen molar-refractivity contribution in [3.63, 3.8) is 0 Å². The highest BCUT2D eigenvalue weighted by atomic mass is 16.5. The third-order valence-electron chi connectivity index (χ3n) is 3.17. The fraction of sp³-hybridized carbons (Fsp3) is 0.381. The monoisotopic (exact) mass is 347 g/mol. The van der Waals surface area contributed by atoms with E-state index >= 15 is 0 Å². The molecule has 0 saturated heterocycles. The number of hydrogen-bond acceptors (Lipinski definition) is 3. The van der Waals surface area contributed by atoms with Crippen LogP contribution in [0.15, 0.2) is 54.6 Å². The fourth-order valence-corrected chi connectivity index (χ4v) is 2.02. The molecule has 0 bridgehead atoms. The summed E-state index contributed by atoms with van der Waals surface area (Å²) in [6, 6.07) is 17.6. The first-order valence-electron chi connectivity index (χ1n) is 8.47. The number of carbonyl (C=O) groups excluding carboxylic acids is 1. The third-order valence-corrected chi connectivity index (χ3v) is 3.17. The first-order chi connectivity index (χ1) is 11.7. The Kier molecular flexibility index (Phi) is 15.4. The number of hydroxylamine groups is 1. The van der Waals surface area contributed by atoms with E-state index in [9.17, 15) is 9.90 Å². The number of hydrogen-bond donors (Lipinski definition) is 3. The second-order valence-electron chi connectivity index (χ2n) is 4.58. The quantitative estimate of drug-likeness (QED) is 0.503. The summed E-state index contributed by atoms with van der Waals surface area (Å²) in [4.78, 5) is 10.9. The van der Waals surface area contributed by atoms with Gasteiger partial charge < -0.3 is 5.11 Å². The molecule has 140 valence electrons. The lowest BCUT2D eigenvalue weighted by atomic mass is 10.00. The number of rotatable bonds is 5. The molecule has 0 aliphatic rings. The average Bonchev–Trinajstić information content (AvgIpc) is 2.69. The van der Waals surface area contributed by atoms with Gasteiger partial charge in [-0.05, 0) is 23.1 Å². The van der Waals surface area contributed by atoms with Gasteiger partial charge in [0.15, 0.2) is 0 Å². The van der Waals surface area contributed by atoms with Gasteiger partial charge in [-0.2, -0.15) is 0 Å². The van der Waals surface area contributed by atoms with Crippen LogP contribution in [0.5, 0.6) is 0 Å². The zero-order valence-corrected chi connectivity index (χ0v) is 15.0. The Morgan fingerprint density at radius 1 is 0.920 bits per heavy atom. The highest BCUT2D eigenvalue weighted by Crippen LogP contribution is 2.23. The Morgan fingerprint density at radius 3 is 1.88 bits per heavy atom. The number of aliphatic hydroxyl groups is 1. The molecule has 2 aromatic carbocycles. The molecule has 0 saturated carbocycles. The normalized spacial score (nSPS) is 10.0. The maximum absolute atomic E-state index is 10.9. The number of carbonyl (C=O) groups is 1. The summed E-state index contributed by atoms with van der Waals surface area (Å²) < 4.78 is 0. The van der Waals surface area contributed by atoms with Crippen molar-refractivity contribution in [2.24, 2.45) is 0 Å². The van der Waals surface area contributed by atoms with Crippen molar-refractivity contribution in [2.45, 2.75) is 54.1 Å². The largest absolute Gasteiger partial charge is 0.388 e. The maximum Gasteiger partial charge on any atom is 0.243 e. The van der Waals surface area contributed by atoms with Gasteiger partial charge >= 0.3 is 0 Å². The third kappa shape index (κ3) is 9.03. The summed E-state index contributed by atoms with van der Waals surface area (Å²) in [5, 5.41) is 18.4. The average molecular weight is 347 g/mol. The lowest BCUT2D eigenvalue weighted by Gasteiger charge is -2.11. The highest BCUT2D eigenvalue weighted by Gasteiger charge is 2.10. The first-order valence-corrected chi connectivity index (χ1v) is 8.47. The van der Waals surface area contributed by atoms with Crippen molar-refractivity contribution in [3.8, 4) is 11.1 Å². The van der Waals surface area contributed by atoms with Crippen molar-refractivity contribution in [3.05, 3.63) is 60.2 Å². The van der Waals surface area contributed by atoms with E-state index in [1.54, 1.807) is 5.48 Å². The molecule has 2 rings (SSSR count). The molecule has 0 aliphatic carbocycles. The molecule has 1 amide bonds. The molecule has 0 spiro atoms. The van der Waals surface area contributed by atoms with Crippen LogP contribution >= 0.6 is 0 Å². The lowest BCUT2D eigenvalue weighted by Crippen LogP contribution is -2.18. The van der Waals surface area contributed by atoms with E-state index in [1.165, 1.54) is 0 Å². The Labute approximate surface area is 152 Å². The predicted octanol–water partition coefficient (Wildman–Crippen LogP) is 5.36. The molecule has 2 aromatic rings. The van der Waals surface area contributed by atoms with Crippen molar-refractivity contribution in [1.82, 2.24) is 5.48 Å². The van der Waals surface area contributed by atoms with Crippen LogP contribution in [0.3, 0.4) is 0 Å². The molecule has 0 heterocycles. The summed E-state index contributed by atoms with van der Waals surface area (Å²) in [5.41, 5.74) is 4.51. The van der Waals surface area contributed by atoms with Crippen LogP contribution in [-0.2, 0) is 4.79 Å². The molecule has 1 unspecified atom stereocenters. The van der Waals surface area contributed by atoms with Gasteiger partial charge in [0.2, 0.25) is 5.91 Å². The van der Waals surface area contributed by atoms with E-state index in [0.29, 0.717) is 0 Å². The summed E-state index contributed by atoms with van der Waals surface area (Å²) >= 11 is 0. The van der Waals surface area contributed by atoms with Gasteiger partial charge in [0.05, 0.1) is 6.10 Å². The van der Waals surface area contributed by atoms with Crippen LogP contribution in [0.1, 0.15) is 59.6 Å². The Morgan fingerprint density at radius 2 is 1.40 bits per heavy atom. The first kappa shape index (κ1) is 25.1. The van der Waals surface area contributed by atoms with E-state index < -0.39 is 12.0 Å². The molecule has 3 N–H and O–H groups in total. The van der Waals surface area contributed by atoms with Gasteiger partial charge in [0.25, 0.3) is 0 Å². The molecule has 0 aliphatic heterocycles. The Balaban J connectivity index is 0. The van der Waals surface area contributed by atoms with E-state index in [-0.39, 0.29) is 20.3 Å². The minimum atomic E-state index is -0.711. The molecule has 0 aromatic heterocycles. The van der Waals surface area contributed by atoms with E-state index in [4.69, 9.17) is 5.21 Å². The van der Waals surface area contributed by atoms with Crippen molar-refractivity contribution >= 4 is 5.91 Å². The van der Waals surface area contributed by atoms with E-state index in [2.05, 4.69) is 0 Å². The van der Waals surface area contributed by atoms with Gasteiger partial charge in [-0.3, -0.25) is 10.0 Å². The van der Waals surface area contributed by atoms with E-state index in [1.807, 2.05) is 82.3 Å². The van der Waals surface area contributed by atoms with Crippen LogP contribution in [0.4, 0.5) is 0 Å². The molecule has 1 atom stereocenters. The fourth-order valence-electron chi connectivity index (χ4n) is 2.02. The minimum absolute atomic E-state index is 0. The number of nitrogens with one attached hydrogen (secondary N) is 1. The standard InChI is InChI=1S/C16H17NO3.2C2H6.CH4/c18-15(10-11-16(19)17-20)14-8-6-13(7-9-14)12-4-2-1-3-5-12;2*1-2;/h1-9,15,18,20H,10-11H2,(H,17,19);2*1-2H3;1H4. The van der Waals surface area contributed by atoms with Crippen LogP contribution < -0.4 is 5.48 Å². The Hall–Kier alpha value is -2.17. The molecular formula is C21H33NO3. The maximum atomic E-state index is 10.9. The van der Waals surface area contributed by atoms with Crippen LogP contribution in [0, 0.1) is 0 Å². The van der Waals surface area contributed by atoms with Crippen LogP contribution in [0.2, 0.25) is 0 Å². The number of aliphatic hydroxyl groups excluding tert-OH is 1. The second kappa shape index (κ2) is 15.4. The zero-order chi connectivity index (χ0) is 18.4. The summed E-state index contributed by atoms with van der Waals surface area (Å²) in [5.74, 6) is -0.495. The van der Waals surface area contributed by atoms with Gasteiger partial charge in [0.1, 0.15) is 0 Å². The molecular weight excluding hydrogens is 314 g/mol. The Bertz CT molecular complexity index is 553. The van der Waals surface area contributed by atoms with Gasteiger partial charge in [-0.1, -0.05) is 89.7 Å². The topological polar surface area (TPSA) is 69.6 Å². The van der Waals surface area contributed by atoms with Crippen LogP contribution in [-0.4, -0.2) is 16.2 Å². The zero-order valence-electron chi connectivity index (χ0n) is 15.0. The van der Waals surface area contributed by atoms with Crippen molar-refractivity contribution in [2.75, 3.05) is 0 Å². The van der Waals surface area contributed by atoms with Gasteiger partial charge in [0, 0.05) is 6.42 Å². The summed E-state index contributed by atoms with van der Waals surface area (Å²) in [6.45, 7) is 8.00. The van der Waals surface area contributed by atoms with Gasteiger partial charge in [-0.25, -0.2) is 5.48 Å². The second-order valence-corrected chi connectivity index (χ2v) is 4.58. The van der Waals surface area contributed by atoms with Gasteiger partial charge in [-0.15, -0.1) is 0 Å². The highest BCUT2D eigenvalue weighted by molar-refractivity contribution is 5.74. The number of benzene rings is 2. The molecule has 25 heavy (non-hydrogen) atoms. The summed E-state index contributed by atoms with van der Waals surface area (Å²) in [6.07, 6.45) is -0.355. The molecule has 4 nitrogen and oxygen atoms in total. The van der Waals surface area contributed by atoms with Crippen molar-refractivity contribution in [1.29, 1.82) is 0 Å². The van der Waals surface area contributed by atoms with Crippen molar-refractivity contribution < 1.29 is 15.1 Å². The lowest BCUT2D eigenvalue weighted by molar-refractivity contribution is -0.129.